The van der Waals surface area contributed by atoms with Crippen LogP contribution in [-0.4, -0.2) is 14.5 Å². The van der Waals surface area contributed by atoms with E-state index in [2.05, 4.69) is 27.6 Å². The molecular formula is C12H12IN3O3. The molecule has 7 heteroatoms. The number of nitrogens with zero attached hydrogens (tertiary/aromatic N) is 3. The fourth-order valence-corrected chi connectivity index (χ4v) is 2.04. The van der Waals surface area contributed by atoms with Crippen molar-refractivity contribution in [2.75, 3.05) is 0 Å². The molecular weight excluding hydrogens is 361 g/mol. The van der Waals surface area contributed by atoms with Gasteiger partial charge >= 0.3 is 5.95 Å². The number of imidazole rings is 1. The second kappa shape index (κ2) is 6.00. The smallest absolute Gasteiger partial charge is 0.437 e. The molecule has 0 radical (unpaired) electrons. The van der Waals surface area contributed by atoms with E-state index in [0.29, 0.717) is 12.2 Å². The van der Waals surface area contributed by atoms with Gasteiger partial charge in [0, 0.05) is 9.99 Å². The molecule has 0 fully saturated rings. The molecule has 2 aromatic rings. The van der Waals surface area contributed by atoms with E-state index in [1.807, 2.05) is 31.2 Å². The molecule has 0 amide bonds. The molecule has 1 aromatic carbocycles. The summed E-state index contributed by atoms with van der Waals surface area (Å²) in [5, 5.41) is 10.9. The number of hydrogen-bond donors (Lipinski definition) is 0. The number of rotatable bonds is 5. The molecule has 100 valence electrons. The Hall–Kier alpha value is -1.64. The largest absolute Gasteiger partial charge is 0.458 e. The summed E-state index contributed by atoms with van der Waals surface area (Å²) in [4.78, 5) is 14.1. The van der Waals surface area contributed by atoms with Crippen molar-refractivity contribution < 1.29 is 9.66 Å². The number of nitro groups is 1. The Morgan fingerprint density at radius 1 is 1.47 bits per heavy atom. The van der Waals surface area contributed by atoms with Crippen LogP contribution in [0.2, 0.25) is 0 Å². The van der Waals surface area contributed by atoms with Crippen molar-refractivity contribution in [2.24, 2.45) is 0 Å². The average molecular weight is 373 g/mol. The number of ether oxygens (including phenoxy) is 1. The molecule has 2 rings (SSSR count). The van der Waals surface area contributed by atoms with Crippen molar-refractivity contribution in [1.29, 1.82) is 0 Å². The summed E-state index contributed by atoms with van der Waals surface area (Å²) >= 11 is 2.20. The molecule has 0 saturated heterocycles. The number of hydrogen-bond acceptors (Lipinski definition) is 4. The zero-order valence-corrected chi connectivity index (χ0v) is 12.4. The molecule has 1 atom stereocenters. The Kier molecular flexibility index (Phi) is 4.35. The van der Waals surface area contributed by atoms with E-state index in [-0.39, 0.29) is 5.95 Å². The van der Waals surface area contributed by atoms with Gasteiger partial charge in [-0.3, -0.25) is 0 Å². The Balaban J connectivity index is 2.22. The third-order valence-corrected chi connectivity index (χ3v) is 3.28. The lowest BCUT2D eigenvalue weighted by Crippen LogP contribution is -2.16. The van der Waals surface area contributed by atoms with Gasteiger partial charge in [-0.2, -0.15) is 4.57 Å². The van der Waals surface area contributed by atoms with Gasteiger partial charge in [-0.15, -0.1) is 0 Å². The van der Waals surface area contributed by atoms with Crippen LogP contribution in [0.15, 0.2) is 36.7 Å². The first kappa shape index (κ1) is 13.8. The van der Waals surface area contributed by atoms with Gasteiger partial charge in [-0.25, -0.2) is 0 Å². The highest BCUT2D eigenvalue weighted by Crippen LogP contribution is 2.24. The van der Waals surface area contributed by atoms with Crippen LogP contribution in [0.1, 0.15) is 19.6 Å². The second-order valence-electron chi connectivity index (χ2n) is 3.83. The lowest BCUT2D eigenvalue weighted by molar-refractivity contribution is -0.398. The summed E-state index contributed by atoms with van der Waals surface area (Å²) in [5.41, 5.74) is 0. The van der Waals surface area contributed by atoms with Crippen LogP contribution in [0.5, 0.6) is 5.75 Å². The standard InChI is InChI=1S/C12H12IN3O3/c1-2-11(15-8-7-14-12(15)16(17)18)19-10-5-3-9(13)4-6-10/h3-8,11H,2H2,1H3. The van der Waals surface area contributed by atoms with Crippen molar-refractivity contribution in [3.05, 3.63) is 50.3 Å². The Morgan fingerprint density at radius 2 is 2.16 bits per heavy atom. The highest BCUT2D eigenvalue weighted by molar-refractivity contribution is 14.1. The number of aromatic nitrogens is 2. The molecule has 0 aliphatic carbocycles. The van der Waals surface area contributed by atoms with E-state index in [4.69, 9.17) is 4.74 Å². The Bertz CT molecular complexity index is 568. The first-order chi connectivity index (χ1) is 9.11. The van der Waals surface area contributed by atoms with Crippen LogP contribution in [0.4, 0.5) is 5.95 Å². The SMILES string of the molecule is CCC(Oc1ccc(I)cc1)n1ccnc1[N+](=O)[O-]. The van der Waals surface area contributed by atoms with Crippen LogP contribution in [0.3, 0.4) is 0 Å². The van der Waals surface area contributed by atoms with Crippen molar-refractivity contribution in [2.45, 2.75) is 19.6 Å². The van der Waals surface area contributed by atoms with Crippen molar-refractivity contribution in [3.8, 4) is 5.75 Å². The van der Waals surface area contributed by atoms with Crippen molar-refractivity contribution in [1.82, 2.24) is 9.55 Å². The fourth-order valence-electron chi connectivity index (χ4n) is 1.68. The van der Waals surface area contributed by atoms with E-state index in [0.717, 1.165) is 3.57 Å². The van der Waals surface area contributed by atoms with Gasteiger partial charge in [0.15, 0.2) is 0 Å². The number of halogens is 1. The summed E-state index contributed by atoms with van der Waals surface area (Å²) < 4.78 is 8.30. The first-order valence-electron chi connectivity index (χ1n) is 5.71. The maximum Gasteiger partial charge on any atom is 0.437 e. The molecule has 1 aromatic heterocycles. The van der Waals surface area contributed by atoms with E-state index in [9.17, 15) is 10.1 Å². The molecule has 1 unspecified atom stereocenters. The molecule has 1 heterocycles. The van der Waals surface area contributed by atoms with Crippen LogP contribution >= 0.6 is 22.6 Å². The molecule has 0 aliphatic rings. The summed E-state index contributed by atoms with van der Waals surface area (Å²) in [6.07, 6.45) is 3.11. The monoisotopic (exact) mass is 373 g/mol. The summed E-state index contributed by atoms with van der Waals surface area (Å²) in [7, 11) is 0. The van der Waals surface area contributed by atoms with Gasteiger partial charge in [0.1, 0.15) is 18.1 Å². The van der Waals surface area contributed by atoms with Crippen LogP contribution in [0.25, 0.3) is 0 Å². The van der Waals surface area contributed by atoms with Gasteiger partial charge in [0.25, 0.3) is 0 Å². The minimum absolute atomic E-state index is 0.211. The minimum atomic E-state index is -0.514. The highest BCUT2D eigenvalue weighted by Gasteiger charge is 2.23. The van der Waals surface area contributed by atoms with E-state index < -0.39 is 11.2 Å². The maximum absolute atomic E-state index is 10.9. The van der Waals surface area contributed by atoms with Gasteiger partial charge in [0.05, 0.1) is 0 Å². The van der Waals surface area contributed by atoms with E-state index in [1.165, 1.54) is 10.8 Å². The van der Waals surface area contributed by atoms with Crippen molar-refractivity contribution in [3.63, 3.8) is 0 Å². The molecule has 0 N–H and O–H groups in total. The van der Waals surface area contributed by atoms with Gasteiger partial charge in [-0.05, 0) is 51.8 Å². The van der Waals surface area contributed by atoms with E-state index >= 15 is 0 Å². The maximum atomic E-state index is 10.9. The number of benzene rings is 1. The first-order valence-corrected chi connectivity index (χ1v) is 6.79. The predicted molar refractivity (Wildman–Crippen MR) is 78.0 cm³/mol. The molecule has 6 nitrogen and oxygen atoms in total. The molecule has 0 bridgehead atoms. The van der Waals surface area contributed by atoms with Crippen LogP contribution in [-0.2, 0) is 0 Å². The van der Waals surface area contributed by atoms with Gasteiger partial charge in [-0.1, -0.05) is 11.9 Å². The second-order valence-corrected chi connectivity index (χ2v) is 5.07. The van der Waals surface area contributed by atoms with Gasteiger partial charge in [0.2, 0.25) is 6.23 Å². The third-order valence-electron chi connectivity index (χ3n) is 2.56. The quantitative estimate of drug-likeness (QED) is 0.458. The topological polar surface area (TPSA) is 70.2 Å². The van der Waals surface area contributed by atoms with Crippen molar-refractivity contribution >= 4 is 28.5 Å². The Morgan fingerprint density at radius 3 is 2.74 bits per heavy atom. The molecule has 0 aliphatic heterocycles. The lowest BCUT2D eigenvalue weighted by Gasteiger charge is -2.16. The zero-order valence-electron chi connectivity index (χ0n) is 10.2. The van der Waals surface area contributed by atoms with Crippen LogP contribution in [0, 0.1) is 13.7 Å². The van der Waals surface area contributed by atoms with E-state index in [1.54, 1.807) is 6.20 Å². The zero-order chi connectivity index (χ0) is 13.8. The molecule has 19 heavy (non-hydrogen) atoms. The normalized spacial score (nSPS) is 12.1. The van der Waals surface area contributed by atoms with Gasteiger partial charge < -0.3 is 14.9 Å². The Labute approximate surface area is 123 Å². The molecule has 0 saturated carbocycles. The molecule has 0 spiro atoms. The summed E-state index contributed by atoms with van der Waals surface area (Å²) in [5.74, 6) is 0.465. The fraction of sp³-hybridized carbons (Fsp3) is 0.250. The summed E-state index contributed by atoms with van der Waals surface area (Å²) in [6, 6.07) is 7.52. The minimum Gasteiger partial charge on any atom is -0.458 e. The lowest BCUT2D eigenvalue weighted by atomic mass is 10.3. The highest BCUT2D eigenvalue weighted by atomic mass is 127. The third kappa shape index (κ3) is 3.22. The summed E-state index contributed by atoms with van der Waals surface area (Å²) in [6.45, 7) is 1.90. The predicted octanol–water partition coefficient (Wildman–Crippen LogP) is 3.38. The van der Waals surface area contributed by atoms with Crippen LogP contribution < -0.4 is 4.74 Å². The average Bonchev–Trinajstić information content (AvgIpc) is 2.87.